The van der Waals surface area contributed by atoms with Crippen molar-refractivity contribution in [1.82, 2.24) is 4.90 Å². The first kappa shape index (κ1) is 21.5. The molecule has 1 heterocycles. The Bertz CT molecular complexity index is 930. The van der Waals surface area contributed by atoms with Crippen molar-refractivity contribution in [3.63, 3.8) is 0 Å². The third kappa shape index (κ3) is 5.65. The summed E-state index contributed by atoms with van der Waals surface area (Å²) in [5.41, 5.74) is 1.14. The number of carbonyl (C=O) groups excluding carboxylic acids is 2. The average molecular weight is 452 g/mol. The van der Waals surface area contributed by atoms with E-state index in [0.29, 0.717) is 33.2 Å². The van der Waals surface area contributed by atoms with Gasteiger partial charge in [0.15, 0.2) is 5.17 Å². The van der Waals surface area contributed by atoms with Gasteiger partial charge in [-0.05, 0) is 49.4 Å². The van der Waals surface area contributed by atoms with Gasteiger partial charge in [-0.15, -0.1) is 0 Å². The van der Waals surface area contributed by atoms with Crippen LogP contribution < -0.4 is 10.1 Å². The van der Waals surface area contributed by atoms with Gasteiger partial charge in [-0.3, -0.25) is 14.5 Å². The standard InChI is InChI=1S/C20H19Cl2N3O3S/c1-3-28-16-6-4-14(5-7-16)24-20-25(2)18(26)11-17(29-20)19(27)23-15-9-12(21)8-13(22)10-15/h4-10,17H,3,11H2,1-2H3,(H,23,27)/t17-/m1/s1. The van der Waals surface area contributed by atoms with Crippen molar-refractivity contribution in [3.8, 4) is 5.75 Å². The zero-order valence-electron chi connectivity index (χ0n) is 15.8. The van der Waals surface area contributed by atoms with Crippen LogP contribution in [0.3, 0.4) is 0 Å². The molecule has 0 aliphatic carbocycles. The summed E-state index contributed by atoms with van der Waals surface area (Å²) in [5.74, 6) is 0.251. The maximum Gasteiger partial charge on any atom is 0.238 e. The first-order valence-electron chi connectivity index (χ1n) is 8.87. The second kappa shape index (κ2) is 9.52. The van der Waals surface area contributed by atoms with E-state index in [4.69, 9.17) is 27.9 Å². The van der Waals surface area contributed by atoms with E-state index in [1.54, 1.807) is 37.4 Å². The Hall–Kier alpha value is -2.22. The first-order chi connectivity index (χ1) is 13.9. The molecule has 0 spiro atoms. The minimum atomic E-state index is -0.613. The minimum Gasteiger partial charge on any atom is -0.494 e. The lowest BCUT2D eigenvalue weighted by Gasteiger charge is -2.28. The number of nitrogens with one attached hydrogen (secondary N) is 1. The molecule has 0 radical (unpaired) electrons. The van der Waals surface area contributed by atoms with Gasteiger partial charge in [-0.25, -0.2) is 4.99 Å². The molecule has 2 amide bonds. The van der Waals surface area contributed by atoms with Crippen molar-refractivity contribution in [3.05, 3.63) is 52.5 Å². The summed E-state index contributed by atoms with van der Waals surface area (Å²) in [6, 6.07) is 12.0. The van der Waals surface area contributed by atoms with Crippen molar-refractivity contribution in [2.24, 2.45) is 4.99 Å². The fraction of sp³-hybridized carbons (Fsp3) is 0.250. The molecule has 29 heavy (non-hydrogen) atoms. The number of carbonyl (C=O) groups is 2. The van der Waals surface area contributed by atoms with Crippen LogP contribution in [0.5, 0.6) is 5.75 Å². The molecule has 2 aromatic rings. The second-order valence-electron chi connectivity index (χ2n) is 6.23. The number of anilines is 1. The number of benzene rings is 2. The molecule has 1 saturated heterocycles. The fourth-order valence-electron chi connectivity index (χ4n) is 2.64. The lowest BCUT2D eigenvalue weighted by Crippen LogP contribution is -2.43. The van der Waals surface area contributed by atoms with Gasteiger partial charge in [0.1, 0.15) is 11.0 Å². The van der Waals surface area contributed by atoms with Crippen LogP contribution in [0.2, 0.25) is 10.0 Å². The van der Waals surface area contributed by atoms with E-state index in [0.717, 1.165) is 5.75 Å². The third-order valence-corrected chi connectivity index (χ3v) is 5.74. The molecule has 1 aliphatic rings. The van der Waals surface area contributed by atoms with Crippen LogP contribution in [0.1, 0.15) is 13.3 Å². The third-order valence-electron chi connectivity index (χ3n) is 4.06. The van der Waals surface area contributed by atoms with Crippen LogP contribution in [0, 0.1) is 0 Å². The number of rotatable bonds is 5. The maximum absolute atomic E-state index is 12.7. The Morgan fingerprint density at radius 1 is 1.24 bits per heavy atom. The molecule has 1 fully saturated rings. The number of thioether (sulfide) groups is 1. The molecule has 6 nitrogen and oxygen atoms in total. The van der Waals surface area contributed by atoms with Gasteiger partial charge in [0.2, 0.25) is 11.8 Å². The molecule has 3 rings (SSSR count). The normalized spacial score (nSPS) is 18.1. The quantitative estimate of drug-likeness (QED) is 0.695. The van der Waals surface area contributed by atoms with Gasteiger partial charge in [0.05, 0.1) is 12.3 Å². The van der Waals surface area contributed by atoms with E-state index >= 15 is 0 Å². The Morgan fingerprint density at radius 2 is 1.90 bits per heavy atom. The zero-order chi connectivity index (χ0) is 21.0. The van der Waals surface area contributed by atoms with Crippen LogP contribution >= 0.6 is 35.0 Å². The fourth-order valence-corrected chi connectivity index (χ4v) is 4.23. The van der Waals surface area contributed by atoms with E-state index in [2.05, 4.69) is 10.3 Å². The number of aliphatic imine (C=N–C) groups is 1. The molecule has 1 aliphatic heterocycles. The summed E-state index contributed by atoms with van der Waals surface area (Å²) >= 11 is 13.2. The van der Waals surface area contributed by atoms with E-state index in [1.807, 2.05) is 19.1 Å². The molecule has 2 aromatic carbocycles. The van der Waals surface area contributed by atoms with E-state index < -0.39 is 5.25 Å². The zero-order valence-corrected chi connectivity index (χ0v) is 18.1. The van der Waals surface area contributed by atoms with Crippen molar-refractivity contribution < 1.29 is 14.3 Å². The van der Waals surface area contributed by atoms with Gasteiger partial charge < -0.3 is 10.1 Å². The monoisotopic (exact) mass is 451 g/mol. The highest BCUT2D eigenvalue weighted by atomic mass is 35.5. The molecular weight excluding hydrogens is 433 g/mol. The van der Waals surface area contributed by atoms with E-state index in [1.165, 1.54) is 16.7 Å². The summed E-state index contributed by atoms with van der Waals surface area (Å²) in [4.78, 5) is 31.1. The molecule has 0 bridgehead atoms. The van der Waals surface area contributed by atoms with Crippen molar-refractivity contribution in [1.29, 1.82) is 0 Å². The molecule has 1 N–H and O–H groups in total. The molecule has 9 heteroatoms. The van der Waals surface area contributed by atoms with Crippen LogP contribution in [0.25, 0.3) is 0 Å². The molecule has 0 saturated carbocycles. The lowest BCUT2D eigenvalue weighted by molar-refractivity contribution is -0.128. The number of ether oxygens (including phenoxy) is 1. The van der Waals surface area contributed by atoms with Crippen molar-refractivity contribution in [2.75, 3.05) is 19.0 Å². The predicted octanol–water partition coefficient (Wildman–Crippen LogP) is 4.98. The Morgan fingerprint density at radius 3 is 2.52 bits per heavy atom. The summed E-state index contributed by atoms with van der Waals surface area (Å²) in [6.45, 7) is 2.49. The highest BCUT2D eigenvalue weighted by Crippen LogP contribution is 2.30. The first-order valence-corrected chi connectivity index (χ1v) is 10.5. The van der Waals surface area contributed by atoms with Crippen molar-refractivity contribution in [2.45, 2.75) is 18.6 Å². The smallest absolute Gasteiger partial charge is 0.238 e. The van der Waals surface area contributed by atoms with Gasteiger partial charge >= 0.3 is 0 Å². The second-order valence-corrected chi connectivity index (χ2v) is 8.27. The molecule has 0 unspecified atom stereocenters. The number of amides is 2. The molecule has 1 atom stereocenters. The van der Waals surface area contributed by atoms with Gasteiger partial charge in [-0.1, -0.05) is 35.0 Å². The van der Waals surface area contributed by atoms with Gasteiger partial charge in [0.25, 0.3) is 0 Å². The van der Waals surface area contributed by atoms with Crippen LogP contribution in [0.15, 0.2) is 47.5 Å². The summed E-state index contributed by atoms with van der Waals surface area (Å²) in [7, 11) is 1.65. The molecule has 0 aromatic heterocycles. The summed E-state index contributed by atoms with van der Waals surface area (Å²) in [5, 5.41) is 3.43. The summed E-state index contributed by atoms with van der Waals surface area (Å²) < 4.78 is 5.42. The molecule has 152 valence electrons. The van der Waals surface area contributed by atoms with Crippen LogP contribution in [0.4, 0.5) is 11.4 Å². The van der Waals surface area contributed by atoms with E-state index in [-0.39, 0.29) is 18.2 Å². The van der Waals surface area contributed by atoms with E-state index in [9.17, 15) is 9.59 Å². The number of nitrogens with zero attached hydrogens (tertiary/aromatic N) is 2. The lowest BCUT2D eigenvalue weighted by atomic mass is 10.2. The predicted molar refractivity (Wildman–Crippen MR) is 119 cm³/mol. The highest BCUT2D eigenvalue weighted by molar-refractivity contribution is 8.15. The number of amidine groups is 1. The topological polar surface area (TPSA) is 71.0 Å². The van der Waals surface area contributed by atoms with Gasteiger partial charge in [-0.2, -0.15) is 0 Å². The number of hydrogen-bond donors (Lipinski definition) is 1. The van der Waals surface area contributed by atoms with Crippen LogP contribution in [-0.2, 0) is 9.59 Å². The average Bonchev–Trinajstić information content (AvgIpc) is 2.66. The SMILES string of the molecule is CCOc1ccc(N=C2S[C@@H](C(=O)Nc3cc(Cl)cc(Cl)c3)CC(=O)N2C)cc1. The van der Waals surface area contributed by atoms with Gasteiger partial charge in [0, 0.05) is 29.2 Å². The Balaban J connectivity index is 1.76. The number of halogens is 2. The summed E-state index contributed by atoms with van der Waals surface area (Å²) in [6.07, 6.45) is 0.0730. The highest BCUT2D eigenvalue weighted by Gasteiger charge is 2.34. The number of hydrogen-bond acceptors (Lipinski definition) is 5. The minimum absolute atomic E-state index is 0.0730. The van der Waals surface area contributed by atoms with Crippen LogP contribution in [-0.4, -0.2) is 40.8 Å². The molecular formula is C20H19Cl2N3O3S. The van der Waals surface area contributed by atoms with Crippen molar-refractivity contribution >= 4 is 63.3 Å². The Labute approximate surface area is 183 Å². The maximum atomic E-state index is 12.7. The Kier molecular flexibility index (Phi) is 7.05. The largest absolute Gasteiger partial charge is 0.494 e.